The number of fused-ring (bicyclic) bond motifs is 1. The van der Waals surface area contributed by atoms with Gasteiger partial charge in [-0.05, 0) is 36.8 Å². The molecular formula is C21H15N5O2S2. The number of para-hydroxylation sites is 1. The van der Waals surface area contributed by atoms with E-state index in [1.807, 2.05) is 36.6 Å². The van der Waals surface area contributed by atoms with Gasteiger partial charge in [0, 0.05) is 11.6 Å². The zero-order valence-electron chi connectivity index (χ0n) is 15.7. The number of thiophene rings is 1. The molecule has 5 rings (SSSR count). The molecule has 0 saturated carbocycles. The van der Waals surface area contributed by atoms with Crippen molar-refractivity contribution in [1.29, 1.82) is 0 Å². The maximum absolute atomic E-state index is 13.2. The number of hydrogen-bond acceptors (Lipinski definition) is 7. The Morgan fingerprint density at radius 2 is 1.87 bits per heavy atom. The summed E-state index contributed by atoms with van der Waals surface area (Å²) in [4.78, 5) is 38.9. The molecule has 1 aromatic carbocycles. The number of nitrogens with one attached hydrogen (secondary N) is 2. The van der Waals surface area contributed by atoms with E-state index < -0.39 is 5.69 Å². The monoisotopic (exact) mass is 433 g/mol. The molecule has 30 heavy (non-hydrogen) atoms. The summed E-state index contributed by atoms with van der Waals surface area (Å²) in [5.41, 5.74) is 1.30. The highest BCUT2D eigenvalue weighted by Gasteiger charge is 2.19. The first-order valence-electron chi connectivity index (χ1n) is 9.09. The molecule has 0 unspecified atom stereocenters. The largest absolute Gasteiger partial charge is 0.334 e. The average molecular weight is 434 g/mol. The van der Waals surface area contributed by atoms with E-state index in [9.17, 15) is 9.59 Å². The molecule has 2 N–H and O–H groups in total. The average Bonchev–Trinajstić information content (AvgIpc) is 3.34. The SMILES string of the molecule is Cc1c(-c2csc(Nc3ccccn3)n2)sc2[nH]c(=O)n(-c3ccccc3)c(=O)c12. The van der Waals surface area contributed by atoms with E-state index in [0.717, 1.165) is 16.1 Å². The molecule has 0 bridgehead atoms. The molecule has 0 aliphatic carbocycles. The van der Waals surface area contributed by atoms with Crippen molar-refractivity contribution in [2.45, 2.75) is 6.92 Å². The van der Waals surface area contributed by atoms with E-state index >= 15 is 0 Å². The Labute approximate surface area is 178 Å². The number of nitrogens with zero attached hydrogens (tertiary/aromatic N) is 3. The smallest absolute Gasteiger partial charge is 0.316 e. The Kier molecular flexibility index (Phi) is 4.53. The van der Waals surface area contributed by atoms with Crippen molar-refractivity contribution in [2.75, 3.05) is 5.32 Å². The number of aryl methyl sites for hydroxylation is 1. The lowest BCUT2D eigenvalue weighted by Crippen LogP contribution is -2.33. The third kappa shape index (κ3) is 3.14. The van der Waals surface area contributed by atoms with Crippen LogP contribution in [-0.4, -0.2) is 19.5 Å². The van der Waals surface area contributed by atoms with Gasteiger partial charge in [-0.1, -0.05) is 24.3 Å². The van der Waals surface area contributed by atoms with Gasteiger partial charge in [-0.15, -0.1) is 22.7 Å². The van der Waals surface area contributed by atoms with Crippen LogP contribution in [-0.2, 0) is 0 Å². The zero-order chi connectivity index (χ0) is 20.7. The number of thiazole rings is 1. The summed E-state index contributed by atoms with van der Waals surface area (Å²) in [6.07, 6.45) is 1.71. The Bertz CT molecular complexity index is 1470. The van der Waals surface area contributed by atoms with Crippen LogP contribution >= 0.6 is 22.7 Å². The summed E-state index contributed by atoms with van der Waals surface area (Å²) < 4.78 is 1.17. The van der Waals surface area contributed by atoms with Gasteiger partial charge in [-0.3, -0.25) is 9.78 Å². The standard InChI is InChI=1S/C21H15N5O2S2/c1-12-16-18(25-21(28)26(19(16)27)13-7-3-2-4-8-13)30-17(12)14-11-29-20(23-14)24-15-9-5-6-10-22-15/h2-11H,1H3,(H,25,28)(H,22,23,24). The Morgan fingerprint density at radius 3 is 2.63 bits per heavy atom. The summed E-state index contributed by atoms with van der Waals surface area (Å²) in [5, 5.41) is 6.31. The van der Waals surface area contributed by atoms with Crippen molar-refractivity contribution in [2.24, 2.45) is 0 Å². The number of benzene rings is 1. The normalized spacial score (nSPS) is 11.1. The Morgan fingerprint density at radius 1 is 1.07 bits per heavy atom. The molecule has 148 valence electrons. The molecule has 0 radical (unpaired) electrons. The minimum Gasteiger partial charge on any atom is -0.316 e. The van der Waals surface area contributed by atoms with Gasteiger partial charge < -0.3 is 5.32 Å². The molecule has 0 aliphatic rings. The van der Waals surface area contributed by atoms with Crippen LogP contribution in [0.5, 0.6) is 0 Å². The van der Waals surface area contributed by atoms with Crippen LogP contribution in [0.25, 0.3) is 26.5 Å². The number of aromatic amines is 1. The highest BCUT2D eigenvalue weighted by atomic mass is 32.1. The van der Waals surface area contributed by atoms with Crippen molar-refractivity contribution in [3.63, 3.8) is 0 Å². The van der Waals surface area contributed by atoms with E-state index in [1.54, 1.807) is 30.5 Å². The molecule has 7 nitrogen and oxygen atoms in total. The fourth-order valence-electron chi connectivity index (χ4n) is 3.25. The zero-order valence-corrected chi connectivity index (χ0v) is 17.4. The van der Waals surface area contributed by atoms with Crippen LogP contribution in [0.2, 0.25) is 0 Å². The topological polar surface area (TPSA) is 92.7 Å². The van der Waals surface area contributed by atoms with Gasteiger partial charge in [0.25, 0.3) is 5.56 Å². The highest BCUT2D eigenvalue weighted by molar-refractivity contribution is 7.22. The van der Waals surface area contributed by atoms with Crippen LogP contribution < -0.4 is 16.6 Å². The molecule has 9 heteroatoms. The van der Waals surface area contributed by atoms with E-state index in [2.05, 4.69) is 20.3 Å². The van der Waals surface area contributed by atoms with Gasteiger partial charge in [0.2, 0.25) is 0 Å². The molecular weight excluding hydrogens is 418 g/mol. The summed E-state index contributed by atoms with van der Waals surface area (Å²) >= 11 is 2.82. The van der Waals surface area contributed by atoms with E-state index in [0.29, 0.717) is 26.9 Å². The van der Waals surface area contributed by atoms with Gasteiger partial charge in [0.05, 0.1) is 21.6 Å². The third-order valence-corrected chi connectivity index (χ3v) is 6.63. The molecule has 4 aromatic heterocycles. The molecule has 4 heterocycles. The molecule has 0 atom stereocenters. The van der Waals surface area contributed by atoms with Crippen molar-refractivity contribution in [3.05, 3.63) is 86.5 Å². The fourth-order valence-corrected chi connectivity index (χ4v) is 5.19. The molecule has 5 aromatic rings. The molecule has 0 saturated heterocycles. The molecule has 0 fully saturated rings. The van der Waals surface area contributed by atoms with Crippen LogP contribution in [0.3, 0.4) is 0 Å². The Balaban J connectivity index is 1.60. The number of aromatic nitrogens is 4. The number of pyridine rings is 1. The van der Waals surface area contributed by atoms with Crippen molar-refractivity contribution in [1.82, 2.24) is 19.5 Å². The predicted octanol–water partition coefficient (Wildman–Crippen LogP) is 4.31. The van der Waals surface area contributed by atoms with Gasteiger partial charge in [-0.2, -0.15) is 0 Å². The summed E-state index contributed by atoms with van der Waals surface area (Å²) in [7, 11) is 0. The quantitative estimate of drug-likeness (QED) is 0.441. The summed E-state index contributed by atoms with van der Waals surface area (Å²) in [6.45, 7) is 1.88. The fraction of sp³-hybridized carbons (Fsp3) is 0.0476. The first-order chi connectivity index (χ1) is 14.6. The van der Waals surface area contributed by atoms with Gasteiger partial charge in [0.1, 0.15) is 10.6 Å². The first-order valence-corrected chi connectivity index (χ1v) is 10.8. The first kappa shape index (κ1) is 18.5. The third-order valence-electron chi connectivity index (χ3n) is 4.64. The second-order valence-electron chi connectivity index (χ2n) is 6.54. The number of hydrogen-bond donors (Lipinski definition) is 2. The molecule has 0 amide bonds. The van der Waals surface area contributed by atoms with Gasteiger partial charge in [0.15, 0.2) is 5.13 Å². The van der Waals surface area contributed by atoms with Crippen LogP contribution in [0.15, 0.2) is 69.7 Å². The summed E-state index contributed by atoms with van der Waals surface area (Å²) in [6, 6.07) is 14.5. The van der Waals surface area contributed by atoms with Crippen LogP contribution in [0, 0.1) is 6.92 Å². The van der Waals surface area contributed by atoms with Crippen LogP contribution in [0.4, 0.5) is 10.9 Å². The van der Waals surface area contributed by atoms with Crippen molar-refractivity contribution in [3.8, 4) is 16.3 Å². The predicted molar refractivity (Wildman–Crippen MR) is 121 cm³/mol. The van der Waals surface area contributed by atoms with E-state index in [1.165, 1.54) is 27.2 Å². The lowest BCUT2D eigenvalue weighted by molar-refractivity contribution is 0.903. The van der Waals surface area contributed by atoms with Crippen molar-refractivity contribution >= 4 is 43.8 Å². The molecule has 0 aliphatic heterocycles. The lowest BCUT2D eigenvalue weighted by atomic mass is 10.2. The number of H-pyrrole nitrogens is 1. The van der Waals surface area contributed by atoms with Crippen molar-refractivity contribution < 1.29 is 0 Å². The highest BCUT2D eigenvalue weighted by Crippen LogP contribution is 2.37. The lowest BCUT2D eigenvalue weighted by Gasteiger charge is -2.04. The van der Waals surface area contributed by atoms with Gasteiger partial charge in [-0.25, -0.2) is 19.3 Å². The maximum atomic E-state index is 13.2. The van der Waals surface area contributed by atoms with Crippen LogP contribution in [0.1, 0.15) is 5.56 Å². The molecule has 0 spiro atoms. The van der Waals surface area contributed by atoms with E-state index in [4.69, 9.17) is 0 Å². The second kappa shape index (κ2) is 7.36. The van der Waals surface area contributed by atoms with Gasteiger partial charge >= 0.3 is 5.69 Å². The Hall–Kier alpha value is -3.56. The summed E-state index contributed by atoms with van der Waals surface area (Å²) in [5.74, 6) is 0.710. The maximum Gasteiger partial charge on any atom is 0.334 e. The minimum absolute atomic E-state index is 0.331. The second-order valence-corrected chi connectivity index (χ2v) is 8.42. The number of anilines is 2. The van der Waals surface area contributed by atoms with E-state index in [-0.39, 0.29) is 5.56 Å². The minimum atomic E-state index is -0.456. The number of rotatable bonds is 4.